The molecule has 0 aliphatic carbocycles. The molecule has 3 rings (SSSR count). The molecule has 0 saturated carbocycles. The van der Waals surface area contributed by atoms with E-state index in [-0.39, 0.29) is 10.6 Å². The largest absolute Gasteiger partial charge is 0.467 e. The topological polar surface area (TPSA) is 69.3 Å². The Morgan fingerprint density at radius 1 is 1.18 bits per heavy atom. The van der Waals surface area contributed by atoms with Crippen LogP contribution >= 0.6 is 11.6 Å². The summed E-state index contributed by atoms with van der Waals surface area (Å²) in [5.41, 5.74) is 1.89. The van der Waals surface area contributed by atoms with Crippen molar-refractivity contribution in [2.24, 2.45) is 0 Å². The fourth-order valence-electron chi connectivity index (χ4n) is 2.72. The first-order valence-electron chi connectivity index (χ1n) is 9.05. The number of anilines is 1. The molecule has 0 bridgehead atoms. The number of hydrogen-bond acceptors (Lipinski definition) is 5. The maximum Gasteiger partial charge on any atom is 0.288 e. The van der Waals surface area contributed by atoms with Gasteiger partial charge in [0.2, 0.25) is 0 Å². The third-order valence-electron chi connectivity index (χ3n) is 4.12. The van der Waals surface area contributed by atoms with Crippen molar-refractivity contribution in [3.8, 4) is 0 Å². The second-order valence-electron chi connectivity index (χ2n) is 7.51. The summed E-state index contributed by atoms with van der Waals surface area (Å²) in [4.78, 5) is 12.4. The minimum Gasteiger partial charge on any atom is -0.467 e. The van der Waals surface area contributed by atoms with Crippen LogP contribution in [0.2, 0.25) is 5.02 Å². The fourth-order valence-corrected chi connectivity index (χ4v) is 2.92. The summed E-state index contributed by atoms with van der Waals surface area (Å²) in [5.74, 6) is 0.796. The summed E-state index contributed by atoms with van der Waals surface area (Å²) >= 11 is 6.25. The highest BCUT2D eigenvalue weighted by Gasteiger charge is 2.19. The van der Waals surface area contributed by atoms with E-state index >= 15 is 0 Å². The molecular formula is C21H24ClN3O3. The number of hydrogen-bond donors (Lipinski definition) is 1. The van der Waals surface area contributed by atoms with E-state index in [0.717, 1.165) is 16.9 Å². The molecule has 0 aliphatic heterocycles. The van der Waals surface area contributed by atoms with E-state index in [1.165, 1.54) is 4.68 Å². The molecular weight excluding hydrogens is 378 g/mol. The van der Waals surface area contributed by atoms with Crippen LogP contribution in [0.5, 0.6) is 0 Å². The lowest BCUT2D eigenvalue weighted by atomic mass is 10.1. The summed E-state index contributed by atoms with van der Waals surface area (Å²) in [7, 11) is 0. The Hall–Kier alpha value is -2.57. The number of benzene rings is 1. The maximum absolute atomic E-state index is 12.4. The lowest BCUT2D eigenvalue weighted by Gasteiger charge is -2.21. The fraction of sp³-hybridized carbons (Fsp3) is 0.333. The lowest BCUT2D eigenvalue weighted by Crippen LogP contribution is -2.36. The van der Waals surface area contributed by atoms with Gasteiger partial charge in [-0.1, -0.05) is 35.9 Å². The Labute approximate surface area is 169 Å². The van der Waals surface area contributed by atoms with Crippen LogP contribution in [0.3, 0.4) is 0 Å². The van der Waals surface area contributed by atoms with Gasteiger partial charge < -0.3 is 14.5 Å². The van der Waals surface area contributed by atoms with Crippen LogP contribution in [0.1, 0.15) is 37.7 Å². The first-order chi connectivity index (χ1) is 13.3. The predicted octanol–water partition coefficient (Wildman–Crippen LogP) is 4.57. The van der Waals surface area contributed by atoms with Crippen molar-refractivity contribution in [2.45, 2.75) is 46.1 Å². The molecule has 0 fully saturated rings. The molecule has 7 heteroatoms. The average Bonchev–Trinajstić information content (AvgIpc) is 3.16. The SMILES string of the molecule is CC(C)(C)n1ncc(NCc2cccc(COCc3ccco3)c2)c(Cl)c1=O. The van der Waals surface area contributed by atoms with E-state index in [1.54, 1.807) is 12.5 Å². The van der Waals surface area contributed by atoms with E-state index in [1.807, 2.05) is 57.2 Å². The molecule has 0 unspecified atom stereocenters. The maximum atomic E-state index is 12.4. The minimum absolute atomic E-state index is 0.142. The normalized spacial score (nSPS) is 11.6. The highest BCUT2D eigenvalue weighted by molar-refractivity contribution is 6.32. The summed E-state index contributed by atoms with van der Waals surface area (Å²) in [6, 6.07) is 11.7. The van der Waals surface area contributed by atoms with Gasteiger partial charge in [0.1, 0.15) is 17.4 Å². The van der Waals surface area contributed by atoms with E-state index in [2.05, 4.69) is 10.4 Å². The Balaban J connectivity index is 1.62. The Morgan fingerprint density at radius 3 is 2.68 bits per heavy atom. The van der Waals surface area contributed by atoms with Crippen molar-refractivity contribution in [3.63, 3.8) is 0 Å². The van der Waals surface area contributed by atoms with Crippen LogP contribution in [-0.2, 0) is 30.0 Å². The van der Waals surface area contributed by atoms with Gasteiger partial charge in [0.05, 0.1) is 30.3 Å². The zero-order valence-electron chi connectivity index (χ0n) is 16.2. The molecule has 1 N–H and O–H groups in total. The van der Waals surface area contributed by atoms with Gasteiger partial charge in [0.15, 0.2) is 0 Å². The molecule has 3 aromatic rings. The molecule has 0 saturated heterocycles. The molecule has 0 amide bonds. The van der Waals surface area contributed by atoms with Gasteiger partial charge in [0, 0.05) is 6.54 Å². The van der Waals surface area contributed by atoms with Crippen LogP contribution in [0.15, 0.2) is 58.1 Å². The summed E-state index contributed by atoms with van der Waals surface area (Å²) < 4.78 is 12.3. The van der Waals surface area contributed by atoms with Gasteiger partial charge in [0.25, 0.3) is 5.56 Å². The van der Waals surface area contributed by atoms with Crippen LogP contribution in [0.25, 0.3) is 0 Å². The Morgan fingerprint density at radius 2 is 1.96 bits per heavy atom. The number of nitrogens with zero attached hydrogens (tertiary/aromatic N) is 2. The summed E-state index contributed by atoms with van der Waals surface area (Å²) in [5, 5.41) is 7.57. The molecule has 0 aliphatic rings. The molecule has 0 atom stereocenters. The standard InChI is InChI=1S/C21H24ClN3O3/c1-21(2,3)25-20(26)19(22)18(12-24-25)23-11-15-6-4-7-16(10-15)13-27-14-17-8-5-9-28-17/h4-10,12,23H,11,13-14H2,1-3H3. The molecule has 2 aromatic heterocycles. The van der Waals surface area contributed by atoms with Gasteiger partial charge in [-0.05, 0) is 44.0 Å². The molecule has 1 aromatic carbocycles. The van der Waals surface area contributed by atoms with E-state index in [9.17, 15) is 4.79 Å². The highest BCUT2D eigenvalue weighted by Crippen LogP contribution is 2.19. The Kier molecular flexibility index (Phi) is 6.21. The number of halogens is 1. The molecule has 2 heterocycles. The van der Waals surface area contributed by atoms with Crippen molar-refractivity contribution in [1.82, 2.24) is 9.78 Å². The molecule has 148 valence electrons. The van der Waals surface area contributed by atoms with Crippen molar-refractivity contribution in [3.05, 3.63) is 81.1 Å². The predicted molar refractivity (Wildman–Crippen MR) is 109 cm³/mol. The van der Waals surface area contributed by atoms with Gasteiger partial charge in [-0.15, -0.1) is 0 Å². The number of furan rings is 1. The first-order valence-corrected chi connectivity index (χ1v) is 9.42. The third kappa shape index (κ3) is 5.03. The molecule has 28 heavy (non-hydrogen) atoms. The van der Waals surface area contributed by atoms with Crippen molar-refractivity contribution >= 4 is 17.3 Å². The van der Waals surface area contributed by atoms with E-state index in [4.69, 9.17) is 20.8 Å². The average molecular weight is 402 g/mol. The monoisotopic (exact) mass is 401 g/mol. The third-order valence-corrected chi connectivity index (χ3v) is 4.49. The number of aromatic nitrogens is 2. The second-order valence-corrected chi connectivity index (χ2v) is 7.88. The lowest BCUT2D eigenvalue weighted by molar-refractivity contribution is 0.0929. The van der Waals surface area contributed by atoms with E-state index < -0.39 is 5.54 Å². The quantitative estimate of drug-likeness (QED) is 0.627. The molecule has 0 radical (unpaired) electrons. The van der Waals surface area contributed by atoms with Crippen LogP contribution in [0, 0.1) is 0 Å². The van der Waals surface area contributed by atoms with Crippen molar-refractivity contribution < 1.29 is 9.15 Å². The van der Waals surface area contributed by atoms with Gasteiger partial charge in [-0.3, -0.25) is 4.79 Å². The zero-order chi connectivity index (χ0) is 20.1. The molecule has 6 nitrogen and oxygen atoms in total. The minimum atomic E-state index is -0.427. The van der Waals surface area contributed by atoms with Gasteiger partial charge in [-0.25, -0.2) is 4.68 Å². The number of rotatable bonds is 7. The van der Waals surface area contributed by atoms with Crippen molar-refractivity contribution in [2.75, 3.05) is 5.32 Å². The van der Waals surface area contributed by atoms with Gasteiger partial charge >= 0.3 is 0 Å². The first kappa shape index (κ1) is 20.2. The number of nitrogens with one attached hydrogen (secondary N) is 1. The second kappa shape index (κ2) is 8.63. The molecule has 0 spiro atoms. The zero-order valence-corrected chi connectivity index (χ0v) is 17.0. The van der Waals surface area contributed by atoms with Gasteiger partial charge in [-0.2, -0.15) is 5.10 Å². The summed E-state index contributed by atoms with van der Waals surface area (Å²) in [6.07, 6.45) is 3.22. The summed E-state index contributed by atoms with van der Waals surface area (Å²) in [6.45, 7) is 7.16. The van der Waals surface area contributed by atoms with Crippen LogP contribution in [-0.4, -0.2) is 9.78 Å². The van der Waals surface area contributed by atoms with Crippen molar-refractivity contribution in [1.29, 1.82) is 0 Å². The smallest absolute Gasteiger partial charge is 0.288 e. The van der Waals surface area contributed by atoms with E-state index in [0.29, 0.717) is 25.4 Å². The number of ether oxygens (including phenoxy) is 1. The highest BCUT2D eigenvalue weighted by atomic mass is 35.5. The Bertz CT molecular complexity index is 975. The van der Waals surface area contributed by atoms with Crippen LogP contribution < -0.4 is 10.9 Å². The van der Waals surface area contributed by atoms with Crippen LogP contribution in [0.4, 0.5) is 5.69 Å².